The van der Waals surface area contributed by atoms with E-state index in [2.05, 4.69) is 0 Å². The van der Waals surface area contributed by atoms with Crippen LogP contribution in [-0.4, -0.2) is 11.3 Å². The summed E-state index contributed by atoms with van der Waals surface area (Å²) < 4.78 is 12.6. The summed E-state index contributed by atoms with van der Waals surface area (Å²) in [6, 6.07) is 7.37. The second-order valence-electron chi connectivity index (χ2n) is 2.91. The molecule has 1 unspecified atom stereocenters. The molecule has 1 aromatic rings. The Morgan fingerprint density at radius 3 is 2.42 bits per heavy atom. The number of aliphatic hydroxyl groups is 1. The van der Waals surface area contributed by atoms with E-state index in [1.807, 2.05) is 24.3 Å². The quantitative estimate of drug-likeness (QED) is 0.732. The van der Waals surface area contributed by atoms with E-state index in [0.717, 1.165) is 11.1 Å². The van der Waals surface area contributed by atoms with E-state index in [0.29, 0.717) is 6.42 Å². The number of alkyl halides is 1. The molecular formula is C10H13FO. The third-order valence-corrected chi connectivity index (χ3v) is 1.79. The molecule has 0 aliphatic heterocycles. The van der Waals surface area contributed by atoms with Crippen molar-refractivity contribution in [2.45, 2.75) is 26.1 Å². The van der Waals surface area contributed by atoms with Gasteiger partial charge < -0.3 is 5.11 Å². The van der Waals surface area contributed by atoms with Gasteiger partial charge in [0.15, 0.2) is 0 Å². The highest BCUT2D eigenvalue weighted by Crippen LogP contribution is 2.12. The SMILES string of the molecule is CC(F)Cc1ccccc1CO. The fourth-order valence-electron chi connectivity index (χ4n) is 1.21. The van der Waals surface area contributed by atoms with Crippen molar-refractivity contribution in [3.8, 4) is 0 Å². The van der Waals surface area contributed by atoms with Gasteiger partial charge in [0, 0.05) is 6.42 Å². The molecule has 0 aromatic heterocycles. The molecule has 0 aliphatic rings. The molecule has 2 heteroatoms. The zero-order chi connectivity index (χ0) is 8.97. The van der Waals surface area contributed by atoms with Crippen LogP contribution in [0.25, 0.3) is 0 Å². The summed E-state index contributed by atoms with van der Waals surface area (Å²) in [5.41, 5.74) is 1.72. The molecule has 0 spiro atoms. The minimum atomic E-state index is -0.849. The van der Waals surface area contributed by atoms with Crippen molar-refractivity contribution in [2.24, 2.45) is 0 Å². The Hall–Kier alpha value is -0.890. The van der Waals surface area contributed by atoms with Gasteiger partial charge in [-0.25, -0.2) is 4.39 Å². The van der Waals surface area contributed by atoms with Crippen molar-refractivity contribution >= 4 is 0 Å². The van der Waals surface area contributed by atoms with Gasteiger partial charge in [-0.2, -0.15) is 0 Å². The molecule has 1 rings (SSSR count). The lowest BCUT2D eigenvalue weighted by Crippen LogP contribution is -2.02. The topological polar surface area (TPSA) is 20.2 Å². The molecule has 0 bridgehead atoms. The Labute approximate surface area is 71.9 Å². The summed E-state index contributed by atoms with van der Waals surface area (Å²) >= 11 is 0. The number of halogens is 1. The molecule has 0 heterocycles. The first-order valence-corrected chi connectivity index (χ1v) is 4.05. The van der Waals surface area contributed by atoms with Crippen LogP contribution in [-0.2, 0) is 13.0 Å². The second-order valence-corrected chi connectivity index (χ2v) is 2.91. The molecule has 1 aromatic carbocycles. The molecule has 0 fully saturated rings. The smallest absolute Gasteiger partial charge is 0.101 e. The maximum atomic E-state index is 12.6. The normalized spacial score (nSPS) is 12.9. The first kappa shape index (κ1) is 9.20. The third kappa shape index (κ3) is 2.31. The highest BCUT2D eigenvalue weighted by molar-refractivity contribution is 5.26. The summed E-state index contributed by atoms with van der Waals surface area (Å²) in [4.78, 5) is 0. The Morgan fingerprint density at radius 2 is 1.92 bits per heavy atom. The maximum Gasteiger partial charge on any atom is 0.101 e. The van der Waals surface area contributed by atoms with Crippen molar-refractivity contribution < 1.29 is 9.50 Å². The van der Waals surface area contributed by atoms with Crippen molar-refractivity contribution in [1.82, 2.24) is 0 Å². The van der Waals surface area contributed by atoms with Gasteiger partial charge in [-0.1, -0.05) is 24.3 Å². The summed E-state index contributed by atoms with van der Waals surface area (Å²) in [7, 11) is 0. The van der Waals surface area contributed by atoms with Crippen LogP contribution in [0.5, 0.6) is 0 Å². The summed E-state index contributed by atoms with van der Waals surface area (Å²) in [5.74, 6) is 0. The highest BCUT2D eigenvalue weighted by Gasteiger charge is 2.04. The Balaban J connectivity index is 2.82. The van der Waals surface area contributed by atoms with Crippen LogP contribution in [0.2, 0.25) is 0 Å². The largest absolute Gasteiger partial charge is 0.392 e. The Bertz CT molecular complexity index is 245. The molecule has 66 valence electrons. The molecule has 0 amide bonds. The van der Waals surface area contributed by atoms with Crippen molar-refractivity contribution in [3.05, 3.63) is 35.4 Å². The fourth-order valence-corrected chi connectivity index (χ4v) is 1.21. The number of aliphatic hydroxyl groups excluding tert-OH is 1. The molecule has 0 radical (unpaired) electrons. The number of hydrogen-bond acceptors (Lipinski definition) is 1. The highest BCUT2D eigenvalue weighted by atomic mass is 19.1. The molecule has 0 saturated heterocycles. The predicted molar refractivity (Wildman–Crippen MR) is 46.6 cm³/mol. The average Bonchev–Trinajstić information content (AvgIpc) is 2.04. The molecule has 1 N–H and O–H groups in total. The van der Waals surface area contributed by atoms with Gasteiger partial charge in [-0.3, -0.25) is 0 Å². The van der Waals surface area contributed by atoms with E-state index < -0.39 is 6.17 Å². The monoisotopic (exact) mass is 168 g/mol. The van der Waals surface area contributed by atoms with Gasteiger partial charge in [-0.15, -0.1) is 0 Å². The van der Waals surface area contributed by atoms with Crippen LogP contribution >= 0.6 is 0 Å². The molecule has 1 nitrogen and oxygen atoms in total. The molecular weight excluding hydrogens is 155 g/mol. The Morgan fingerprint density at radius 1 is 1.33 bits per heavy atom. The molecule has 12 heavy (non-hydrogen) atoms. The average molecular weight is 168 g/mol. The molecule has 0 aliphatic carbocycles. The Kier molecular flexibility index (Phi) is 3.23. The van der Waals surface area contributed by atoms with Gasteiger partial charge in [0.05, 0.1) is 6.61 Å². The van der Waals surface area contributed by atoms with E-state index >= 15 is 0 Å². The summed E-state index contributed by atoms with van der Waals surface area (Å²) in [5, 5.41) is 8.91. The van der Waals surface area contributed by atoms with E-state index in [4.69, 9.17) is 5.11 Å². The van der Waals surface area contributed by atoms with E-state index in [9.17, 15) is 4.39 Å². The van der Waals surface area contributed by atoms with Gasteiger partial charge >= 0.3 is 0 Å². The van der Waals surface area contributed by atoms with Gasteiger partial charge in [0.1, 0.15) is 6.17 Å². The standard InChI is InChI=1S/C10H13FO/c1-8(11)6-9-4-2-3-5-10(9)7-12/h2-5,8,12H,6-7H2,1H3. The summed E-state index contributed by atoms with van der Waals surface area (Å²) in [6.45, 7) is 1.51. The predicted octanol–water partition coefficient (Wildman–Crippen LogP) is 2.08. The van der Waals surface area contributed by atoms with Crippen LogP contribution in [0.1, 0.15) is 18.1 Å². The van der Waals surface area contributed by atoms with Crippen LogP contribution in [0.4, 0.5) is 4.39 Å². The second kappa shape index (κ2) is 4.21. The van der Waals surface area contributed by atoms with Crippen LogP contribution in [0, 0.1) is 0 Å². The van der Waals surface area contributed by atoms with E-state index in [-0.39, 0.29) is 6.61 Å². The van der Waals surface area contributed by atoms with Crippen LogP contribution in [0.3, 0.4) is 0 Å². The number of rotatable bonds is 3. The van der Waals surface area contributed by atoms with Crippen LogP contribution < -0.4 is 0 Å². The fraction of sp³-hybridized carbons (Fsp3) is 0.400. The minimum absolute atomic E-state index is 0.0110. The van der Waals surface area contributed by atoms with E-state index in [1.165, 1.54) is 6.92 Å². The molecule has 0 saturated carbocycles. The first-order valence-electron chi connectivity index (χ1n) is 4.05. The van der Waals surface area contributed by atoms with Gasteiger partial charge in [-0.05, 0) is 18.1 Å². The lowest BCUT2D eigenvalue weighted by molar-refractivity contribution is 0.279. The van der Waals surface area contributed by atoms with Crippen LogP contribution in [0.15, 0.2) is 24.3 Å². The van der Waals surface area contributed by atoms with Crippen molar-refractivity contribution in [3.63, 3.8) is 0 Å². The maximum absolute atomic E-state index is 12.6. The lowest BCUT2D eigenvalue weighted by Gasteiger charge is -2.06. The minimum Gasteiger partial charge on any atom is -0.392 e. The number of benzene rings is 1. The summed E-state index contributed by atoms with van der Waals surface area (Å²) in [6.07, 6.45) is -0.464. The third-order valence-electron chi connectivity index (χ3n) is 1.79. The van der Waals surface area contributed by atoms with Crippen molar-refractivity contribution in [2.75, 3.05) is 0 Å². The molecule has 1 atom stereocenters. The lowest BCUT2D eigenvalue weighted by atomic mass is 10.0. The zero-order valence-corrected chi connectivity index (χ0v) is 7.13. The van der Waals surface area contributed by atoms with Crippen molar-refractivity contribution in [1.29, 1.82) is 0 Å². The van der Waals surface area contributed by atoms with E-state index in [1.54, 1.807) is 0 Å². The number of hydrogen-bond donors (Lipinski definition) is 1. The van der Waals surface area contributed by atoms with Gasteiger partial charge in [0.2, 0.25) is 0 Å². The first-order chi connectivity index (χ1) is 5.74. The zero-order valence-electron chi connectivity index (χ0n) is 7.13. The van der Waals surface area contributed by atoms with Gasteiger partial charge in [0.25, 0.3) is 0 Å².